The Morgan fingerprint density at radius 1 is 1.44 bits per heavy atom. The van der Waals surface area contributed by atoms with Crippen LogP contribution < -0.4 is 0 Å². The van der Waals surface area contributed by atoms with Crippen molar-refractivity contribution >= 4 is 17.0 Å². The lowest BCUT2D eigenvalue weighted by molar-refractivity contribution is -0.521. The number of nitrogens with zero attached hydrogens (tertiary/aromatic N) is 1. The zero-order valence-corrected chi connectivity index (χ0v) is 10.2. The van der Waals surface area contributed by atoms with Gasteiger partial charge in [0, 0.05) is 18.8 Å². The molecule has 0 saturated carbocycles. The summed E-state index contributed by atoms with van der Waals surface area (Å²) in [6, 6.07) is 4.11. The van der Waals surface area contributed by atoms with Crippen LogP contribution in [0.25, 0.3) is 0 Å². The van der Waals surface area contributed by atoms with Gasteiger partial charge in [0.05, 0.1) is 4.88 Å². The Morgan fingerprint density at radius 2 is 2.38 bits per heavy atom. The summed E-state index contributed by atoms with van der Waals surface area (Å²) >= 11 is 1.70. The van der Waals surface area contributed by atoms with Crippen LogP contribution in [0.15, 0.2) is 30.2 Å². The fourth-order valence-corrected chi connectivity index (χ4v) is 2.44. The maximum Gasteiger partial charge on any atom is 0.227 e. The van der Waals surface area contributed by atoms with E-state index in [4.69, 9.17) is 0 Å². The van der Waals surface area contributed by atoms with Crippen molar-refractivity contribution in [1.29, 1.82) is 0 Å². The molecule has 1 aliphatic rings. The normalized spacial score (nSPS) is 15.5. The Morgan fingerprint density at radius 3 is 3.12 bits per heavy atom. The first-order chi connectivity index (χ1) is 7.90. The zero-order valence-electron chi connectivity index (χ0n) is 9.41. The Bertz CT molecular complexity index is 443. The van der Waals surface area contributed by atoms with E-state index in [1.807, 2.05) is 12.1 Å². The standard InChI is InChI=1S/C14H16NS/c1-2-10-15-11-4-3-6-13(15)8-9-14-7-5-12-16-14/h2,5,7,12H,1,3-4,6,10-11H2/q+1. The summed E-state index contributed by atoms with van der Waals surface area (Å²) in [7, 11) is 0. The van der Waals surface area contributed by atoms with Crippen molar-refractivity contribution in [2.75, 3.05) is 13.1 Å². The SMILES string of the molecule is C=CC[N+]1=C(C#Cc2cccs2)CCCC1. The van der Waals surface area contributed by atoms with Gasteiger partial charge in [-0.05, 0) is 29.9 Å². The highest BCUT2D eigenvalue weighted by atomic mass is 32.1. The molecule has 2 heteroatoms. The molecule has 0 amide bonds. The molecule has 1 nitrogen and oxygen atoms in total. The van der Waals surface area contributed by atoms with Gasteiger partial charge in [0.1, 0.15) is 6.54 Å². The summed E-state index contributed by atoms with van der Waals surface area (Å²) in [4.78, 5) is 1.15. The molecule has 2 rings (SSSR count). The minimum Gasteiger partial charge on any atom is -0.223 e. The van der Waals surface area contributed by atoms with Crippen LogP contribution in [0.3, 0.4) is 0 Å². The van der Waals surface area contributed by atoms with Gasteiger partial charge in [-0.15, -0.1) is 11.3 Å². The van der Waals surface area contributed by atoms with Crippen molar-refractivity contribution < 1.29 is 4.58 Å². The second-order valence-corrected chi connectivity index (χ2v) is 4.81. The van der Waals surface area contributed by atoms with Crippen molar-refractivity contribution in [3.05, 3.63) is 35.0 Å². The van der Waals surface area contributed by atoms with Gasteiger partial charge in [0.2, 0.25) is 5.71 Å². The van der Waals surface area contributed by atoms with Gasteiger partial charge < -0.3 is 0 Å². The summed E-state index contributed by atoms with van der Waals surface area (Å²) in [5, 5.41) is 2.07. The lowest BCUT2D eigenvalue weighted by Gasteiger charge is -2.09. The predicted molar refractivity (Wildman–Crippen MR) is 70.2 cm³/mol. The number of thiophene rings is 1. The van der Waals surface area contributed by atoms with E-state index in [1.54, 1.807) is 11.3 Å². The third kappa shape index (κ3) is 2.84. The molecule has 16 heavy (non-hydrogen) atoms. The first kappa shape index (κ1) is 11.2. The van der Waals surface area contributed by atoms with Crippen molar-refractivity contribution in [3.63, 3.8) is 0 Å². The zero-order chi connectivity index (χ0) is 11.2. The summed E-state index contributed by atoms with van der Waals surface area (Å²) in [5.74, 6) is 6.55. The first-order valence-corrected chi connectivity index (χ1v) is 6.55. The van der Waals surface area contributed by atoms with E-state index in [1.165, 1.54) is 18.6 Å². The highest BCUT2D eigenvalue weighted by Gasteiger charge is 2.16. The maximum atomic E-state index is 3.80. The molecular weight excluding hydrogens is 214 g/mol. The monoisotopic (exact) mass is 230 g/mol. The van der Waals surface area contributed by atoms with Crippen molar-refractivity contribution in [1.82, 2.24) is 0 Å². The molecule has 0 fully saturated rings. The van der Waals surface area contributed by atoms with E-state index in [0.717, 1.165) is 24.4 Å². The van der Waals surface area contributed by atoms with Crippen LogP contribution in [0.1, 0.15) is 24.1 Å². The molecule has 0 N–H and O–H groups in total. The molecule has 1 aromatic rings. The van der Waals surface area contributed by atoms with E-state index in [9.17, 15) is 0 Å². The van der Waals surface area contributed by atoms with Crippen LogP contribution in [-0.2, 0) is 0 Å². The number of hydrogen-bond acceptors (Lipinski definition) is 1. The fraction of sp³-hybridized carbons (Fsp3) is 0.357. The highest BCUT2D eigenvalue weighted by Crippen LogP contribution is 2.08. The van der Waals surface area contributed by atoms with E-state index >= 15 is 0 Å². The lowest BCUT2D eigenvalue weighted by Crippen LogP contribution is -2.25. The highest BCUT2D eigenvalue weighted by molar-refractivity contribution is 7.10. The van der Waals surface area contributed by atoms with Crippen LogP contribution in [0.5, 0.6) is 0 Å². The number of hydrogen-bond donors (Lipinski definition) is 0. The van der Waals surface area contributed by atoms with Crippen molar-refractivity contribution in [2.45, 2.75) is 19.3 Å². The Balaban J connectivity index is 2.19. The molecule has 1 aliphatic heterocycles. The van der Waals surface area contributed by atoms with Gasteiger partial charge in [0.15, 0.2) is 6.54 Å². The molecule has 1 aromatic heterocycles. The van der Waals surface area contributed by atoms with Gasteiger partial charge in [-0.25, -0.2) is 4.58 Å². The molecule has 82 valence electrons. The maximum absolute atomic E-state index is 3.80. The molecule has 2 heterocycles. The van der Waals surface area contributed by atoms with Crippen LogP contribution in [0.4, 0.5) is 0 Å². The Labute approximate surface area is 101 Å². The Hall–Kier alpha value is -1.33. The van der Waals surface area contributed by atoms with E-state index in [0.29, 0.717) is 0 Å². The average molecular weight is 230 g/mol. The van der Waals surface area contributed by atoms with Crippen molar-refractivity contribution in [2.24, 2.45) is 0 Å². The van der Waals surface area contributed by atoms with Crippen LogP contribution in [0, 0.1) is 11.8 Å². The molecule has 0 aromatic carbocycles. The minimum absolute atomic E-state index is 0.925. The molecule has 0 bridgehead atoms. The Kier molecular flexibility index (Phi) is 3.96. The van der Waals surface area contributed by atoms with Crippen molar-refractivity contribution in [3.8, 4) is 11.8 Å². The summed E-state index contributed by atoms with van der Waals surface area (Å²) < 4.78 is 2.34. The van der Waals surface area contributed by atoms with Gasteiger partial charge in [-0.1, -0.05) is 12.6 Å². The van der Waals surface area contributed by atoms with E-state index in [2.05, 4.69) is 34.4 Å². The summed E-state index contributed by atoms with van der Waals surface area (Å²) in [5.41, 5.74) is 1.28. The van der Waals surface area contributed by atoms with Gasteiger partial charge in [0.25, 0.3) is 0 Å². The van der Waals surface area contributed by atoms with Gasteiger partial charge in [-0.2, -0.15) is 0 Å². The predicted octanol–water partition coefficient (Wildman–Crippen LogP) is 2.92. The number of rotatable bonds is 2. The lowest BCUT2D eigenvalue weighted by atomic mass is 10.1. The second kappa shape index (κ2) is 5.67. The fourth-order valence-electron chi connectivity index (χ4n) is 1.87. The average Bonchev–Trinajstić information content (AvgIpc) is 2.81. The van der Waals surface area contributed by atoms with Crippen LogP contribution >= 0.6 is 11.3 Å². The topological polar surface area (TPSA) is 3.01 Å². The van der Waals surface area contributed by atoms with Crippen LogP contribution in [0.2, 0.25) is 0 Å². The summed E-state index contributed by atoms with van der Waals surface area (Å²) in [6.45, 7) is 5.85. The van der Waals surface area contributed by atoms with Gasteiger partial charge >= 0.3 is 0 Å². The molecule has 0 radical (unpaired) electrons. The quantitative estimate of drug-likeness (QED) is 0.417. The molecule has 0 aliphatic carbocycles. The smallest absolute Gasteiger partial charge is 0.223 e. The molecule has 0 saturated heterocycles. The van der Waals surface area contributed by atoms with Gasteiger partial charge in [-0.3, -0.25) is 0 Å². The van der Waals surface area contributed by atoms with E-state index < -0.39 is 0 Å². The molecular formula is C14H16NS+. The van der Waals surface area contributed by atoms with Crippen LogP contribution in [-0.4, -0.2) is 23.4 Å². The third-order valence-corrected chi connectivity index (χ3v) is 3.46. The van der Waals surface area contributed by atoms with E-state index in [-0.39, 0.29) is 0 Å². The molecule has 0 spiro atoms. The molecule has 0 unspecified atom stereocenters. The largest absolute Gasteiger partial charge is 0.227 e. The second-order valence-electron chi connectivity index (χ2n) is 3.87. The molecule has 0 atom stereocenters. The minimum atomic E-state index is 0.925. The third-order valence-electron chi connectivity index (χ3n) is 2.67. The summed E-state index contributed by atoms with van der Waals surface area (Å²) in [6.07, 6.45) is 5.62. The first-order valence-electron chi connectivity index (χ1n) is 5.67.